The molecule has 0 atom stereocenters. The number of nitrogens with zero attached hydrogens (tertiary/aromatic N) is 2. The third-order valence-corrected chi connectivity index (χ3v) is 5.44. The minimum absolute atomic E-state index is 0. The van der Waals surface area contributed by atoms with Crippen LogP contribution >= 0.6 is 12.4 Å². The Kier molecular flexibility index (Phi) is 5.09. The van der Waals surface area contributed by atoms with Gasteiger partial charge in [0.1, 0.15) is 0 Å². The van der Waals surface area contributed by atoms with Gasteiger partial charge in [-0.2, -0.15) is 4.31 Å². The molecular weight excluding hydrogens is 306 g/mol. The van der Waals surface area contributed by atoms with Crippen molar-refractivity contribution in [2.24, 2.45) is 0 Å². The van der Waals surface area contributed by atoms with Crippen LogP contribution in [0.2, 0.25) is 0 Å². The molecule has 0 unspecified atom stereocenters. The van der Waals surface area contributed by atoms with Gasteiger partial charge in [-0.1, -0.05) is 6.07 Å². The summed E-state index contributed by atoms with van der Waals surface area (Å²) in [4.78, 5) is 10.3. The monoisotopic (exact) mass is 321 g/mol. The molecule has 1 heterocycles. The second kappa shape index (κ2) is 6.04. The van der Waals surface area contributed by atoms with Gasteiger partial charge in [-0.05, 0) is 13.0 Å². The second-order valence-electron chi connectivity index (χ2n) is 4.49. The predicted octanol–water partition coefficient (Wildman–Crippen LogP) is 0.917. The van der Waals surface area contributed by atoms with Crippen molar-refractivity contribution < 1.29 is 13.3 Å². The van der Waals surface area contributed by atoms with Crippen LogP contribution in [-0.2, 0) is 10.0 Å². The molecule has 0 saturated carbocycles. The first-order chi connectivity index (χ1) is 8.85. The van der Waals surface area contributed by atoms with E-state index in [1.54, 1.807) is 0 Å². The molecule has 9 heteroatoms. The van der Waals surface area contributed by atoms with Crippen molar-refractivity contribution >= 4 is 28.1 Å². The number of hydrogen-bond donors (Lipinski definition) is 1. The van der Waals surface area contributed by atoms with Gasteiger partial charge in [-0.3, -0.25) is 10.1 Å². The molecule has 1 N–H and O–H groups in total. The Bertz CT molecular complexity index is 616. The van der Waals surface area contributed by atoms with Gasteiger partial charge in [0.15, 0.2) is 0 Å². The van der Waals surface area contributed by atoms with E-state index in [1.165, 1.54) is 36.5 Å². The number of nitrogens with one attached hydrogen (secondary N) is 1. The molecule has 1 aromatic carbocycles. The quantitative estimate of drug-likeness (QED) is 0.657. The van der Waals surface area contributed by atoms with Crippen molar-refractivity contribution in [3.05, 3.63) is 33.9 Å². The lowest BCUT2D eigenvalue weighted by Crippen LogP contribution is -2.57. The topological polar surface area (TPSA) is 92.5 Å². The van der Waals surface area contributed by atoms with Crippen molar-refractivity contribution in [2.75, 3.05) is 20.1 Å². The number of halogens is 1. The number of nitro groups is 1. The summed E-state index contributed by atoms with van der Waals surface area (Å²) >= 11 is 0. The standard InChI is InChI=1S/C11H15N3O4S.ClH/c1-8-10(14(15)16)4-3-5-11(8)19(17,18)13(2)9-6-12-7-9;/h3-5,9,12H,6-7H2,1-2H3;1H. The van der Waals surface area contributed by atoms with E-state index in [1.807, 2.05) is 0 Å². The minimum atomic E-state index is -3.70. The molecule has 20 heavy (non-hydrogen) atoms. The summed E-state index contributed by atoms with van der Waals surface area (Å²) < 4.78 is 26.1. The Hall–Kier alpha value is -1.22. The first-order valence-corrected chi connectivity index (χ1v) is 7.22. The van der Waals surface area contributed by atoms with Crippen molar-refractivity contribution in [1.82, 2.24) is 9.62 Å². The van der Waals surface area contributed by atoms with Crippen LogP contribution in [0.15, 0.2) is 23.1 Å². The van der Waals surface area contributed by atoms with E-state index in [4.69, 9.17) is 0 Å². The summed E-state index contributed by atoms with van der Waals surface area (Å²) in [6, 6.07) is 4.01. The molecule has 1 aliphatic heterocycles. The molecule has 0 spiro atoms. The van der Waals surface area contributed by atoms with E-state index in [-0.39, 0.29) is 34.6 Å². The lowest BCUT2D eigenvalue weighted by molar-refractivity contribution is -0.385. The number of sulfonamides is 1. The zero-order valence-electron chi connectivity index (χ0n) is 11.1. The van der Waals surface area contributed by atoms with Crippen LogP contribution in [-0.4, -0.2) is 43.8 Å². The highest BCUT2D eigenvalue weighted by atomic mass is 35.5. The largest absolute Gasteiger partial charge is 0.313 e. The van der Waals surface area contributed by atoms with Crippen LogP contribution < -0.4 is 5.32 Å². The average molecular weight is 322 g/mol. The highest BCUT2D eigenvalue weighted by molar-refractivity contribution is 7.89. The maximum Gasteiger partial charge on any atom is 0.273 e. The van der Waals surface area contributed by atoms with Gasteiger partial charge in [0.2, 0.25) is 10.0 Å². The number of benzene rings is 1. The molecule has 1 aliphatic rings. The van der Waals surface area contributed by atoms with Gasteiger partial charge < -0.3 is 5.32 Å². The van der Waals surface area contributed by atoms with E-state index in [2.05, 4.69) is 5.32 Å². The van der Waals surface area contributed by atoms with Crippen LogP contribution in [0, 0.1) is 17.0 Å². The summed E-state index contributed by atoms with van der Waals surface area (Å²) in [7, 11) is -2.20. The van der Waals surface area contributed by atoms with Gasteiger partial charge in [0.05, 0.1) is 9.82 Å². The highest BCUT2D eigenvalue weighted by Gasteiger charge is 2.33. The molecule has 0 aromatic heterocycles. The van der Waals surface area contributed by atoms with E-state index in [0.717, 1.165) is 0 Å². The van der Waals surface area contributed by atoms with E-state index < -0.39 is 14.9 Å². The molecule has 1 saturated heterocycles. The minimum Gasteiger partial charge on any atom is -0.313 e. The SMILES string of the molecule is Cc1c([N+](=O)[O-])cccc1S(=O)(=O)N(C)C1CNC1.Cl. The average Bonchev–Trinajstić information content (AvgIpc) is 2.26. The van der Waals surface area contributed by atoms with E-state index >= 15 is 0 Å². The number of rotatable bonds is 4. The zero-order valence-corrected chi connectivity index (χ0v) is 12.7. The Morgan fingerprint density at radius 3 is 2.45 bits per heavy atom. The lowest BCUT2D eigenvalue weighted by atomic mass is 10.2. The molecule has 0 radical (unpaired) electrons. The molecule has 112 valence electrons. The normalized spacial score (nSPS) is 15.6. The fraction of sp³-hybridized carbons (Fsp3) is 0.455. The second-order valence-corrected chi connectivity index (χ2v) is 6.46. The van der Waals surface area contributed by atoms with Gasteiger partial charge >= 0.3 is 0 Å². The molecular formula is C11H16ClN3O4S. The number of hydrogen-bond acceptors (Lipinski definition) is 5. The Morgan fingerprint density at radius 1 is 1.40 bits per heavy atom. The van der Waals surface area contributed by atoms with Gasteiger partial charge in [0.25, 0.3) is 5.69 Å². The summed E-state index contributed by atoms with van der Waals surface area (Å²) in [6.45, 7) is 2.66. The fourth-order valence-corrected chi connectivity index (χ4v) is 3.56. The summed E-state index contributed by atoms with van der Waals surface area (Å²) in [6.07, 6.45) is 0. The van der Waals surface area contributed by atoms with Crippen LogP contribution in [0.25, 0.3) is 0 Å². The Labute approximate surface area is 123 Å². The molecule has 0 bridgehead atoms. The third-order valence-electron chi connectivity index (χ3n) is 3.38. The van der Waals surface area contributed by atoms with Gasteiger partial charge in [-0.15, -0.1) is 12.4 Å². The van der Waals surface area contributed by atoms with Crippen LogP contribution in [0.3, 0.4) is 0 Å². The Morgan fingerprint density at radius 2 is 2.00 bits per heavy atom. The zero-order chi connectivity index (χ0) is 14.2. The molecule has 7 nitrogen and oxygen atoms in total. The summed E-state index contributed by atoms with van der Waals surface area (Å²) in [5.41, 5.74) is -0.00663. The van der Waals surface area contributed by atoms with E-state index in [0.29, 0.717) is 13.1 Å². The highest BCUT2D eigenvalue weighted by Crippen LogP contribution is 2.27. The van der Waals surface area contributed by atoms with Gasteiger partial charge in [-0.25, -0.2) is 8.42 Å². The summed E-state index contributed by atoms with van der Waals surface area (Å²) in [5.74, 6) is 0. The van der Waals surface area contributed by atoms with Crippen LogP contribution in [0.1, 0.15) is 5.56 Å². The molecule has 1 fully saturated rings. The maximum absolute atomic E-state index is 12.4. The Balaban J connectivity index is 0.00000200. The smallest absolute Gasteiger partial charge is 0.273 e. The van der Waals surface area contributed by atoms with Gasteiger partial charge in [0, 0.05) is 37.8 Å². The molecule has 2 rings (SSSR count). The maximum atomic E-state index is 12.4. The predicted molar refractivity (Wildman–Crippen MR) is 76.7 cm³/mol. The van der Waals surface area contributed by atoms with Crippen molar-refractivity contribution in [1.29, 1.82) is 0 Å². The van der Waals surface area contributed by atoms with Crippen molar-refractivity contribution in [3.63, 3.8) is 0 Å². The molecule has 0 amide bonds. The molecule has 0 aliphatic carbocycles. The number of nitro benzene ring substituents is 1. The van der Waals surface area contributed by atoms with Crippen LogP contribution in [0.4, 0.5) is 5.69 Å². The van der Waals surface area contributed by atoms with E-state index in [9.17, 15) is 18.5 Å². The summed E-state index contributed by atoms with van der Waals surface area (Å²) in [5, 5.41) is 13.9. The number of likely N-dealkylation sites (N-methyl/N-ethyl adjacent to an activating group) is 1. The first kappa shape index (κ1) is 16.8. The first-order valence-electron chi connectivity index (χ1n) is 5.78. The van der Waals surface area contributed by atoms with Crippen LogP contribution in [0.5, 0.6) is 0 Å². The van der Waals surface area contributed by atoms with Crippen molar-refractivity contribution in [2.45, 2.75) is 17.9 Å². The molecule has 1 aromatic rings. The fourth-order valence-electron chi connectivity index (χ4n) is 1.96. The third kappa shape index (κ3) is 2.78. The lowest BCUT2D eigenvalue weighted by Gasteiger charge is -2.34. The van der Waals surface area contributed by atoms with Crippen molar-refractivity contribution in [3.8, 4) is 0 Å².